The number of phenols is 1. The molecule has 2 aromatic rings. The normalized spacial score (nSPS) is 31.7. The van der Waals surface area contributed by atoms with Gasteiger partial charge in [0.2, 0.25) is 11.8 Å². The van der Waals surface area contributed by atoms with E-state index < -0.39 is 64.5 Å². The monoisotopic (exact) mass is 554 g/mol. The molecule has 6 unspecified atom stereocenters. The number of allylic oxidation sites excluding steroid dienone is 2. The van der Waals surface area contributed by atoms with Crippen LogP contribution in [0.2, 0.25) is 5.02 Å². The number of halogens is 2. The van der Waals surface area contributed by atoms with Crippen molar-refractivity contribution in [1.82, 2.24) is 5.06 Å². The van der Waals surface area contributed by atoms with E-state index in [0.717, 1.165) is 11.0 Å². The zero-order valence-corrected chi connectivity index (χ0v) is 21.7. The summed E-state index contributed by atoms with van der Waals surface area (Å²) in [6, 6.07) is 8.31. The number of fused-ring (bicyclic) bond motifs is 4. The Bertz CT molecular complexity index is 1510. The van der Waals surface area contributed by atoms with Gasteiger partial charge in [-0.05, 0) is 61.6 Å². The molecular weight excluding hydrogens is 531 g/mol. The molecule has 0 bridgehead atoms. The molecule has 3 fully saturated rings. The van der Waals surface area contributed by atoms with Crippen molar-refractivity contribution in [2.45, 2.75) is 25.7 Å². The maximum absolute atomic E-state index is 14.2. The van der Waals surface area contributed by atoms with E-state index in [-0.39, 0.29) is 40.1 Å². The minimum Gasteiger partial charge on any atom is -0.504 e. The van der Waals surface area contributed by atoms with E-state index >= 15 is 0 Å². The van der Waals surface area contributed by atoms with Gasteiger partial charge in [0.15, 0.2) is 11.5 Å². The minimum atomic E-state index is -1.35. The van der Waals surface area contributed by atoms with Crippen molar-refractivity contribution >= 4 is 40.9 Å². The van der Waals surface area contributed by atoms with Crippen LogP contribution in [-0.2, 0) is 19.2 Å². The van der Waals surface area contributed by atoms with Crippen LogP contribution in [0.5, 0.6) is 11.5 Å². The van der Waals surface area contributed by atoms with E-state index in [1.165, 1.54) is 25.3 Å². The number of carbonyl (C=O) groups excluding carboxylic acids is 4. The van der Waals surface area contributed by atoms with Crippen LogP contribution in [0.1, 0.15) is 31.2 Å². The number of amides is 4. The number of phenolic OH excluding ortho intramolecular Hbond substituents is 1. The molecule has 6 rings (SSSR count). The molecule has 2 aromatic carbocycles. The number of ether oxygens (including phenoxy) is 1. The zero-order chi connectivity index (χ0) is 28.0. The first-order valence-electron chi connectivity index (χ1n) is 12.5. The van der Waals surface area contributed by atoms with Crippen molar-refractivity contribution in [3.05, 3.63) is 64.5 Å². The SMILES string of the molecule is COc1ccc(C2C3=CCC4C(=O)N(O)C(=O)C4C3CC3C(=O)N(c4ccc(F)c(Cl)c4)C(=O)C32C)cc1O. The lowest BCUT2D eigenvalue weighted by Gasteiger charge is -2.49. The Kier molecular flexibility index (Phi) is 5.64. The number of hydrogen-bond acceptors (Lipinski definition) is 7. The van der Waals surface area contributed by atoms with E-state index in [4.69, 9.17) is 16.3 Å². The lowest BCUT2D eigenvalue weighted by molar-refractivity contribution is -0.173. The number of anilines is 1. The quantitative estimate of drug-likeness (QED) is 0.336. The van der Waals surface area contributed by atoms with E-state index in [2.05, 4.69) is 0 Å². The molecule has 0 radical (unpaired) electrons. The summed E-state index contributed by atoms with van der Waals surface area (Å²) in [5.41, 5.74) is -0.0189. The second-order valence-corrected chi connectivity index (χ2v) is 11.1. The molecule has 6 atom stereocenters. The Labute approximate surface area is 227 Å². The smallest absolute Gasteiger partial charge is 0.257 e. The number of benzene rings is 2. The molecule has 202 valence electrons. The predicted octanol–water partition coefficient (Wildman–Crippen LogP) is 3.81. The van der Waals surface area contributed by atoms with Crippen LogP contribution in [0.25, 0.3) is 0 Å². The average Bonchev–Trinajstić information content (AvgIpc) is 3.25. The van der Waals surface area contributed by atoms with Gasteiger partial charge in [-0.3, -0.25) is 24.4 Å². The molecule has 4 amide bonds. The Balaban J connectivity index is 1.54. The van der Waals surface area contributed by atoms with E-state index in [9.17, 15) is 33.9 Å². The van der Waals surface area contributed by atoms with Gasteiger partial charge in [0.05, 0.1) is 41.0 Å². The lowest BCUT2D eigenvalue weighted by atomic mass is 9.51. The summed E-state index contributed by atoms with van der Waals surface area (Å²) in [6.07, 6.45) is 2.08. The minimum absolute atomic E-state index is 0.0883. The van der Waals surface area contributed by atoms with Gasteiger partial charge in [0.25, 0.3) is 11.8 Å². The van der Waals surface area contributed by atoms with E-state index in [1.54, 1.807) is 19.1 Å². The van der Waals surface area contributed by atoms with Crippen molar-refractivity contribution in [3.63, 3.8) is 0 Å². The summed E-state index contributed by atoms with van der Waals surface area (Å²) in [5.74, 6) is -7.09. The highest BCUT2D eigenvalue weighted by molar-refractivity contribution is 6.31. The van der Waals surface area contributed by atoms with Crippen LogP contribution in [0.4, 0.5) is 10.1 Å². The molecular formula is C28H24ClFN2O7. The summed E-state index contributed by atoms with van der Waals surface area (Å²) in [6.45, 7) is 1.68. The lowest BCUT2D eigenvalue weighted by Crippen LogP contribution is -2.48. The Morgan fingerprint density at radius 2 is 1.79 bits per heavy atom. The van der Waals surface area contributed by atoms with Crippen molar-refractivity contribution < 1.29 is 38.6 Å². The number of rotatable bonds is 3. The molecule has 0 aromatic heterocycles. The Morgan fingerprint density at radius 3 is 2.46 bits per heavy atom. The molecule has 9 nitrogen and oxygen atoms in total. The third kappa shape index (κ3) is 3.34. The third-order valence-corrected chi connectivity index (χ3v) is 9.24. The van der Waals surface area contributed by atoms with Gasteiger partial charge in [-0.2, -0.15) is 5.06 Å². The van der Waals surface area contributed by atoms with Crippen LogP contribution in [-0.4, -0.2) is 46.1 Å². The topological polar surface area (TPSA) is 124 Å². The maximum Gasteiger partial charge on any atom is 0.257 e. The molecule has 0 spiro atoms. The summed E-state index contributed by atoms with van der Waals surface area (Å²) < 4.78 is 19.1. The van der Waals surface area contributed by atoms with Crippen molar-refractivity contribution in [3.8, 4) is 11.5 Å². The van der Waals surface area contributed by atoms with Gasteiger partial charge in [0.1, 0.15) is 5.82 Å². The summed E-state index contributed by atoms with van der Waals surface area (Å²) in [7, 11) is 1.40. The van der Waals surface area contributed by atoms with Gasteiger partial charge < -0.3 is 9.84 Å². The highest BCUT2D eigenvalue weighted by Crippen LogP contribution is 2.63. The van der Waals surface area contributed by atoms with Crippen LogP contribution >= 0.6 is 11.6 Å². The first-order chi connectivity index (χ1) is 18.5. The van der Waals surface area contributed by atoms with Crippen LogP contribution in [0, 0.1) is 34.9 Å². The molecule has 4 aliphatic rings. The second-order valence-electron chi connectivity index (χ2n) is 10.7. The zero-order valence-electron chi connectivity index (χ0n) is 20.9. The van der Waals surface area contributed by atoms with Gasteiger partial charge in [-0.25, -0.2) is 9.29 Å². The summed E-state index contributed by atoms with van der Waals surface area (Å²) in [4.78, 5) is 54.8. The Morgan fingerprint density at radius 1 is 1.05 bits per heavy atom. The summed E-state index contributed by atoms with van der Waals surface area (Å²) >= 11 is 5.98. The van der Waals surface area contributed by atoms with E-state index in [1.807, 2.05) is 6.08 Å². The maximum atomic E-state index is 14.2. The summed E-state index contributed by atoms with van der Waals surface area (Å²) in [5, 5.41) is 20.6. The van der Waals surface area contributed by atoms with Crippen LogP contribution < -0.4 is 9.64 Å². The van der Waals surface area contributed by atoms with Crippen LogP contribution in [0.15, 0.2) is 48.0 Å². The average molecular weight is 555 g/mol. The standard InChI is InChI=1S/C28H24ClFN2O7/c1-28-17(25(35)31(27(28)37)13-4-7-19(30)18(29)10-13)11-16-14(5-6-15-22(16)26(36)32(38)24(15)34)23(28)12-3-8-21(39-2)20(33)9-12/h3-5,7-10,15-17,22-23,33,38H,6,11H2,1-2H3. The van der Waals surface area contributed by atoms with Gasteiger partial charge in [0, 0.05) is 5.92 Å². The van der Waals surface area contributed by atoms with Gasteiger partial charge >= 0.3 is 0 Å². The van der Waals surface area contributed by atoms with E-state index in [0.29, 0.717) is 11.1 Å². The molecule has 2 aliphatic carbocycles. The van der Waals surface area contributed by atoms with Crippen LogP contribution in [0.3, 0.4) is 0 Å². The van der Waals surface area contributed by atoms with Gasteiger partial charge in [-0.1, -0.05) is 29.3 Å². The molecule has 2 saturated heterocycles. The van der Waals surface area contributed by atoms with Crippen molar-refractivity contribution in [2.24, 2.45) is 29.1 Å². The fraction of sp³-hybridized carbons (Fsp3) is 0.357. The largest absolute Gasteiger partial charge is 0.504 e. The second kappa shape index (κ2) is 8.62. The number of carbonyl (C=O) groups is 4. The fourth-order valence-corrected chi connectivity index (χ4v) is 7.31. The number of aromatic hydroxyl groups is 1. The number of hydrogen-bond donors (Lipinski definition) is 2. The molecule has 1 saturated carbocycles. The molecule has 2 aliphatic heterocycles. The molecule has 11 heteroatoms. The van der Waals surface area contributed by atoms with Crippen molar-refractivity contribution in [1.29, 1.82) is 0 Å². The predicted molar refractivity (Wildman–Crippen MR) is 134 cm³/mol. The van der Waals surface area contributed by atoms with Gasteiger partial charge in [-0.15, -0.1) is 0 Å². The third-order valence-electron chi connectivity index (χ3n) is 8.95. The Hall–Kier alpha value is -3.76. The number of hydroxylamine groups is 2. The highest BCUT2D eigenvalue weighted by Gasteiger charge is 2.67. The first-order valence-corrected chi connectivity index (χ1v) is 12.9. The first kappa shape index (κ1) is 25.5. The molecule has 39 heavy (non-hydrogen) atoms. The number of imide groups is 2. The van der Waals surface area contributed by atoms with Crippen molar-refractivity contribution in [2.75, 3.05) is 12.0 Å². The molecule has 2 heterocycles. The molecule has 2 N–H and O–H groups in total. The highest BCUT2D eigenvalue weighted by atomic mass is 35.5. The number of methoxy groups -OCH3 is 1. The number of nitrogens with zero attached hydrogens (tertiary/aromatic N) is 2. The fourth-order valence-electron chi connectivity index (χ4n) is 7.14.